The van der Waals surface area contributed by atoms with Gasteiger partial charge in [-0.2, -0.15) is 0 Å². The van der Waals surface area contributed by atoms with Gasteiger partial charge in [0, 0.05) is 17.9 Å². The summed E-state index contributed by atoms with van der Waals surface area (Å²) in [6.45, 7) is 0. The number of carboxylic acids is 1. The number of rotatable bonds is 4. The lowest BCUT2D eigenvalue weighted by Crippen LogP contribution is -2.00. The van der Waals surface area contributed by atoms with Crippen molar-refractivity contribution in [2.24, 2.45) is 0 Å². The summed E-state index contributed by atoms with van der Waals surface area (Å²) in [6, 6.07) is 3.73. The number of pyridine rings is 1. The highest BCUT2D eigenvalue weighted by molar-refractivity contribution is 9.08. The molecule has 0 fully saturated rings. The third-order valence-electron chi connectivity index (χ3n) is 1.72. The number of hydrogen-bond donors (Lipinski definition) is 1. The molecule has 0 radical (unpaired) electrons. The second-order valence-electron chi connectivity index (χ2n) is 2.64. The summed E-state index contributed by atoms with van der Waals surface area (Å²) in [5.74, 6) is -0.774. The maximum absolute atomic E-state index is 10.3. The fourth-order valence-electron chi connectivity index (χ4n) is 1.06. The van der Waals surface area contributed by atoms with Gasteiger partial charge in [-0.3, -0.25) is 9.78 Å². The molecule has 0 aromatic carbocycles. The van der Waals surface area contributed by atoms with Crippen LogP contribution in [-0.2, 0) is 16.5 Å². The molecule has 0 saturated heterocycles. The SMILES string of the molecule is Cl.O=C(O)CCc1cccnc1CBr. The quantitative estimate of drug-likeness (QED) is 0.862. The first-order chi connectivity index (χ1) is 6.24. The number of halogens is 2. The molecule has 0 amide bonds. The van der Waals surface area contributed by atoms with Crippen LogP contribution in [0.3, 0.4) is 0 Å². The molecular weight excluding hydrogens is 269 g/mol. The molecule has 5 heteroatoms. The van der Waals surface area contributed by atoms with E-state index in [2.05, 4.69) is 20.9 Å². The molecule has 0 atom stereocenters. The molecule has 1 heterocycles. The molecule has 0 aliphatic heterocycles. The van der Waals surface area contributed by atoms with Gasteiger partial charge in [-0.25, -0.2) is 0 Å². The Morgan fingerprint density at radius 3 is 2.86 bits per heavy atom. The Morgan fingerprint density at radius 2 is 2.29 bits per heavy atom. The maximum atomic E-state index is 10.3. The second-order valence-corrected chi connectivity index (χ2v) is 3.20. The van der Waals surface area contributed by atoms with Gasteiger partial charge >= 0.3 is 5.97 Å². The lowest BCUT2D eigenvalue weighted by Gasteiger charge is -2.03. The highest BCUT2D eigenvalue weighted by Crippen LogP contribution is 2.11. The van der Waals surface area contributed by atoms with Gasteiger partial charge in [0.15, 0.2) is 0 Å². The monoisotopic (exact) mass is 279 g/mol. The summed E-state index contributed by atoms with van der Waals surface area (Å²) in [4.78, 5) is 14.5. The Balaban J connectivity index is 0.00000169. The molecule has 1 N–H and O–H groups in total. The minimum absolute atomic E-state index is 0. The standard InChI is InChI=1S/C9H10BrNO2.ClH/c10-6-8-7(2-1-5-11-8)3-4-9(12)13;/h1-2,5H,3-4,6H2,(H,12,13);1H. The molecule has 0 aliphatic rings. The molecular formula is C9H11BrClNO2. The molecule has 14 heavy (non-hydrogen) atoms. The zero-order valence-electron chi connectivity index (χ0n) is 7.44. The lowest BCUT2D eigenvalue weighted by atomic mass is 10.1. The minimum Gasteiger partial charge on any atom is -0.481 e. The highest BCUT2D eigenvalue weighted by atomic mass is 79.9. The molecule has 0 aliphatic carbocycles. The van der Waals surface area contributed by atoms with E-state index in [1.807, 2.05) is 12.1 Å². The van der Waals surface area contributed by atoms with Gasteiger partial charge in [-0.05, 0) is 18.1 Å². The number of aliphatic carboxylic acids is 1. The van der Waals surface area contributed by atoms with E-state index >= 15 is 0 Å². The Hall–Kier alpha value is -0.610. The summed E-state index contributed by atoms with van der Waals surface area (Å²) in [5, 5.41) is 9.18. The van der Waals surface area contributed by atoms with Crippen LogP contribution in [0.25, 0.3) is 0 Å². The smallest absolute Gasteiger partial charge is 0.303 e. The van der Waals surface area contributed by atoms with Crippen LogP contribution in [-0.4, -0.2) is 16.1 Å². The van der Waals surface area contributed by atoms with Crippen LogP contribution >= 0.6 is 28.3 Å². The van der Waals surface area contributed by atoms with Crippen molar-refractivity contribution in [3.05, 3.63) is 29.6 Å². The van der Waals surface area contributed by atoms with Crippen LogP contribution in [0.15, 0.2) is 18.3 Å². The fourth-order valence-corrected chi connectivity index (χ4v) is 1.57. The molecule has 0 spiro atoms. The van der Waals surface area contributed by atoms with E-state index in [9.17, 15) is 4.79 Å². The molecule has 0 bridgehead atoms. The van der Waals surface area contributed by atoms with Crippen LogP contribution in [0.5, 0.6) is 0 Å². The van der Waals surface area contributed by atoms with Crippen LogP contribution in [0, 0.1) is 0 Å². The number of aromatic nitrogens is 1. The zero-order chi connectivity index (χ0) is 9.68. The molecule has 0 unspecified atom stereocenters. The van der Waals surface area contributed by atoms with Gasteiger partial charge < -0.3 is 5.11 Å². The van der Waals surface area contributed by atoms with E-state index in [1.54, 1.807) is 6.20 Å². The van der Waals surface area contributed by atoms with Crippen LogP contribution in [0.2, 0.25) is 0 Å². The Kier molecular flexibility index (Phi) is 6.49. The van der Waals surface area contributed by atoms with Gasteiger partial charge in [0.1, 0.15) is 0 Å². The fraction of sp³-hybridized carbons (Fsp3) is 0.333. The first kappa shape index (κ1) is 13.4. The average Bonchev–Trinajstić information content (AvgIpc) is 2.15. The van der Waals surface area contributed by atoms with E-state index in [1.165, 1.54) is 0 Å². The highest BCUT2D eigenvalue weighted by Gasteiger charge is 2.03. The van der Waals surface area contributed by atoms with Gasteiger partial charge in [0.2, 0.25) is 0 Å². The molecule has 3 nitrogen and oxygen atoms in total. The van der Waals surface area contributed by atoms with Crippen molar-refractivity contribution < 1.29 is 9.90 Å². The summed E-state index contributed by atoms with van der Waals surface area (Å²) in [7, 11) is 0. The van der Waals surface area contributed by atoms with Crippen LogP contribution < -0.4 is 0 Å². The van der Waals surface area contributed by atoms with Gasteiger partial charge in [0.05, 0.1) is 5.69 Å². The topological polar surface area (TPSA) is 50.2 Å². The minimum atomic E-state index is -0.774. The number of hydrogen-bond acceptors (Lipinski definition) is 2. The Labute approximate surface area is 97.1 Å². The summed E-state index contributed by atoms with van der Waals surface area (Å²) in [6.07, 6.45) is 2.41. The van der Waals surface area contributed by atoms with Gasteiger partial charge in [-0.1, -0.05) is 22.0 Å². The van der Waals surface area contributed by atoms with Gasteiger partial charge in [0.25, 0.3) is 0 Å². The van der Waals surface area contributed by atoms with Crippen molar-refractivity contribution in [3.8, 4) is 0 Å². The van der Waals surface area contributed by atoms with Crippen molar-refractivity contribution >= 4 is 34.3 Å². The summed E-state index contributed by atoms with van der Waals surface area (Å²) < 4.78 is 0. The zero-order valence-corrected chi connectivity index (χ0v) is 9.84. The molecule has 78 valence electrons. The summed E-state index contributed by atoms with van der Waals surface area (Å²) >= 11 is 3.31. The summed E-state index contributed by atoms with van der Waals surface area (Å²) in [5.41, 5.74) is 1.92. The molecule has 1 aromatic rings. The first-order valence-corrected chi connectivity index (χ1v) is 5.06. The number of aryl methyl sites for hydroxylation is 1. The number of carboxylic acid groups (broad SMARTS) is 1. The second kappa shape index (κ2) is 6.79. The number of alkyl halides is 1. The van der Waals surface area contributed by atoms with Crippen molar-refractivity contribution in [1.82, 2.24) is 4.98 Å². The number of carbonyl (C=O) groups is 1. The predicted molar refractivity (Wildman–Crippen MR) is 60.1 cm³/mol. The third kappa shape index (κ3) is 4.07. The lowest BCUT2D eigenvalue weighted by molar-refractivity contribution is -0.136. The van der Waals surface area contributed by atoms with E-state index < -0.39 is 5.97 Å². The van der Waals surface area contributed by atoms with E-state index in [-0.39, 0.29) is 18.8 Å². The number of nitrogens with zero attached hydrogens (tertiary/aromatic N) is 1. The van der Waals surface area contributed by atoms with Crippen molar-refractivity contribution in [3.63, 3.8) is 0 Å². The van der Waals surface area contributed by atoms with Crippen molar-refractivity contribution in [1.29, 1.82) is 0 Å². The average molecular weight is 281 g/mol. The largest absolute Gasteiger partial charge is 0.481 e. The Bertz CT molecular complexity index is 307. The van der Waals surface area contributed by atoms with Crippen LogP contribution in [0.1, 0.15) is 17.7 Å². The predicted octanol–water partition coefficient (Wildman–Crippen LogP) is 2.42. The van der Waals surface area contributed by atoms with Crippen molar-refractivity contribution in [2.75, 3.05) is 0 Å². The van der Waals surface area contributed by atoms with E-state index in [4.69, 9.17) is 5.11 Å². The van der Waals surface area contributed by atoms with E-state index in [0.717, 1.165) is 11.3 Å². The molecule has 1 aromatic heterocycles. The third-order valence-corrected chi connectivity index (χ3v) is 2.25. The molecule has 1 rings (SSSR count). The van der Waals surface area contributed by atoms with Crippen LogP contribution in [0.4, 0.5) is 0 Å². The van der Waals surface area contributed by atoms with E-state index in [0.29, 0.717) is 11.8 Å². The molecule has 0 saturated carbocycles. The maximum Gasteiger partial charge on any atom is 0.303 e. The normalized spacial score (nSPS) is 9.21. The Morgan fingerprint density at radius 1 is 1.57 bits per heavy atom. The first-order valence-electron chi connectivity index (χ1n) is 3.94. The van der Waals surface area contributed by atoms with Gasteiger partial charge in [-0.15, -0.1) is 12.4 Å². The van der Waals surface area contributed by atoms with Crippen molar-refractivity contribution in [2.45, 2.75) is 18.2 Å².